The van der Waals surface area contributed by atoms with Crippen LogP contribution >= 0.6 is 15.9 Å². The molecule has 1 rings (SSSR count). The molecule has 0 bridgehead atoms. The van der Waals surface area contributed by atoms with Gasteiger partial charge in [0.2, 0.25) is 0 Å². The zero-order chi connectivity index (χ0) is 15.7. The summed E-state index contributed by atoms with van der Waals surface area (Å²) < 4.78 is 38.1. The van der Waals surface area contributed by atoms with E-state index in [1.54, 1.807) is 0 Å². The van der Waals surface area contributed by atoms with Crippen molar-refractivity contribution in [2.45, 2.75) is 18.6 Å². The molecular weight excluding hydrogens is 343 g/mol. The maximum Gasteiger partial charge on any atom is 0.471 e. The molecule has 1 N–H and O–H groups in total. The number of carbonyl (C=O) groups excluding carboxylic acids is 1. The molecule has 0 saturated heterocycles. The highest BCUT2D eigenvalue weighted by atomic mass is 79.9. The monoisotopic (exact) mass is 353 g/mol. The predicted molar refractivity (Wildman–Crippen MR) is 68.0 cm³/mol. The van der Waals surface area contributed by atoms with Crippen LogP contribution in [0.4, 0.5) is 13.2 Å². The second kappa shape index (κ2) is 5.43. The Labute approximate surface area is 121 Å². The maximum absolute atomic E-state index is 12.5. The first-order valence-corrected chi connectivity index (χ1v) is 6.15. The summed E-state index contributed by atoms with van der Waals surface area (Å²) in [7, 11) is 0.811. The van der Waals surface area contributed by atoms with Gasteiger partial charge in [-0.25, -0.2) is 4.79 Å². The van der Waals surface area contributed by atoms with Crippen LogP contribution in [0.5, 0.6) is 0 Å². The molecule has 110 valence electrons. The van der Waals surface area contributed by atoms with Gasteiger partial charge in [0.05, 0.1) is 0 Å². The van der Waals surface area contributed by atoms with E-state index >= 15 is 0 Å². The molecule has 1 unspecified atom stereocenters. The lowest BCUT2D eigenvalue weighted by Crippen LogP contribution is -2.54. The first-order chi connectivity index (χ1) is 9.01. The second-order valence-electron chi connectivity index (χ2n) is 4.25. The highest BCUT2D eigenvalue weighted by Crippen LogP contribution is 2.32. The Morgan fingerprint density at radius 3 is 2.00 bits per heavy atom. The number of likely N-dealkylation sites (N-methyl/N-ethyl adjacent to an activating group) is 1. The van der Waals surface area contributed by atoms with Crippen molar-refractivity contribution in [2.24, 2.45) is 0 Å². The SMILES string of the molecule is CN(C(=O)C(F)(F)F)C(C)(C(=O)O)c1ccc(Br)cc1. The fraction of sp³-hybridized carbons (Fsp3) is 0.333. The lowest BCUT2D eigenvalue weighted by molar-refractivity contribution is -0.193. The van der Waals surface area contributed by atoms with Crippen molar-refractivity contribution >= 4 is 27.8 Å². The number of halogens is 4. The highest BCUT2D eigenvalue weighted by Gasteiger charge is 2.50. The molecule has 0 aromatic heterocycles. The summed E-state index contributed by atoms with van der Waals surface area (Å²) in [5.41, 5.74) is -2.05. The minimum Gasteiger partial charge on any atom is -0.479 e. The van der Waals surface area contributed by atoms with Crippen LogP contribution in [0, 0.1) is 0 Å². The lowest BCUT2D eigenvalue weighted by atomic mass is 9.90. The van der Waals surface area contributed by atoms with E-state index in [1.807, 2.05) is 0 Å². The normalized spacial score (nSPS) is 14.5. The average molecular weight is 354 g/mol. The van der Waals surface area contributed by atoms with Crippen LogP contribution in [0.2, 0.25) is 0 Å². The van der Waals surface area contributed by atoms with Crippen LogP contribution < -0.4 is 0 Å². The Balaban J connectivity index is 3.32. The molecule has 0 aliphatic carbocycles. The molecule has 0 aliphatic rings. The zero-order valence-electron chi connectivity index (χ0n) is 10.5. The lowest BCUT2D eigenvalue weighted by Gasteiger charge is -2.35. The Morgan fingerprint density at radius 2 is 1.65 bits per heavy atom. The van der Waals surface area contributed by atoms with E-state index in [0.717, 1.165) is 14.0 Å². The molecule has 20 heavy (non-hydrogen) atoms. The Kier molecular flexibility index (Phi) is 4.48. The van der Waals surface area contributed by atoms with Crippen molar-refractivity contribution in [3.8, 4) is 0 Å². The molecule has 1 aromatic carbocycles. The van der Waals surface area contributed by atoms with Crippen LogP contribution in [0.15, 0.2) is 28.7 Å². The first-order valence-electron chi connectivity index (χ1n) is 5.35. The van der Waals surface area contributed by atoms with Gasteiger partial charge in [0.25, 0.3) is 0 Å². The Morgan fingerprint density at radius 1 is 1.20 bits per heavy atom. The van der Waals surface area contributed by atoms with Gasteiger partial charge in [0, 0.05) is 11.5 Å². The molecule has 0 saturated carbocycles. The quantitative estimate of drug-likeness (QED) is 0.908. The van der Waals surface area contributed by atoms with Crippen molar-refractivity contribution in [3.63, 3.8) is 0 Å². The van der Waals surface area contributed by atoms with Gasteiger partial charge in [0.15, 0.2) is 5.54 Å². The molecule has 0 aliphatic heterocycles. The molecule has 0 spiro atoms. The molecule has 8 heteroatoms. The molecule has 1 atom stereocenters. The summed E-state index contributed by atoms with van der Waals surface area (Å²) in [4.78, 5) is 22.9. The first kappa shape index (κ1) is 16.5. The molecule has 4 nitrogen and oxygen atoms in total. The van der Waals surface area contributed by atoms with Gasteiger partial charge in [0.1, 0.15) is 0 Å². The van der Waals surface area contributed by atoms with Crippen molar-refractivity contribution < 1.29 is 27.9 Å². The number of hydrogen-bond acceptors (Lipinski definition) is 2. The second-order valence-corrected chi connectivity index (χ2v) is 5.16. The summed E-state index contributed by atoms with van der Waals surface area (Å²) in [5.74, 6) is -3.77. The van der Waals surface area contributed by atoms with Gasteiger partial charge < -0.3 is 10.0 Å². The Bertz CT molecular complexity index is 530. The maximum atomic E-state index is 12.5. The standard InChI is InChI=1S/C12H11BrF3NO3/c1-11(10(19)20,7-3-5-8(13)6-4-7)17(2)9(18)12(14,15)16/h3-6H,1-2H3,(H,19,20). The summed E-state index contributed by atoms with van der Waals surface area (Å²) >= 11 is 3.14. The van der Waals surface area contributed by atoms with Crippen LogP contribution in [0.25, 0.3) is 0 Å². The number of carboxylic acids is 1. The number of nitrogens with zero attached hydrogens (tertiary/aromatic N) is 1. The van der Waals surface area contributed by atoms with Gasteiger partial charge in [-0.3, -0.25) is 4.79 Å². The van der Waals surface area contributed by atoms with E-state index < -0.39 is 23.6 Å². The fourth-order valence-corrected chi connectivity index (χ4v) is 1.89. The topological polar surface area (TPSA) is 57.6 Å². The van der Waals surface area contributed by atoms with Crippen LogP contribution in [-0.2, 0) is 15.1 Å². The predicted octanol–water partition coefficient (Wildman–Crippen LogP) is 2.77. The minimum absolute atomic E-state index is 0.0632. The van der Waals surface area contributed by atoms with E-state index in [9.17, 15) is 27.9 Å². The summed E-state index contributed by atoms with van der Waals surface area (Å²) in [6.07, 6.45) is -5.14. The van der Waals surface area contributed by atoms with Gasteiger partial charge in [-0.2, -0.15) is 13.2 Å². The summed E-state index contributed by atoms with van der Waals surface area (Å²) in [5, 5.41) is 9.27. The van der Waals surface area contributed by atoms with Crippen LogP contribution in [0.3, 0.4) is 0 Å². The minimum atomic E-state index is -5.14. The number of benzene rings is 1. The van der Waals surface area contributed by atoms with E-state index in [-0.39, 0.29) is 10.5 Å². The van der Waals surface area contributed by atoms with Gasteiger partial charge >= 0.3 is 18.1 Å². The van der Waals surface area contributed by atoms with Crippen molar-refractivity contribution in [1.29, 1.82) is 0 Å². The van der Waals surface area contributed by atoms with Gasteiger partial charge in [-0.05, 0) is 24.6 Å². The third-order valence-corrected chi connectivity index (χ3v) is 3.57. The summed E-state index contributed by atoms with van der Waals surface area (Å²) in [6.45, 7) is 1.04. The van der Waals surface area contributed by atoms with E-state index in [1.165, 1.54) is 24.3 Å². The molecule has 1 aromatic rings. The molecule has 1 amide bonds. The number of carbonyl (C=O) groups is 2. The van der Waals surface area contributed by atoms with Crippen LogP contribution in [-0.4, -0.2) is 35.1 Å². The number of aliphatic carboxylic acids is 1. The molecule has 0 radical (unpaired) electrons. The van der Waals surface area contributed by atoms with Crippen molar-refractivity contribution in [3.05, 3.63) is 34.3 Å². The molecular formula is C12H11BrF3NO3. The number of amides is 1. The van der Waals surface area contributed by atoms with E-state index in [4.69, 9.17) is 0 Å². The smallest absolute Gasteiger partial charge is 0.471 e. The number of carboxylic acid groups (broad SMARTS) is 1. The third kappa shape index (κ3) is 2.95. The number of hydrogen-bond donors (Lipinski definition) is 1. The average Bonchev–Trinajstić information content (AvgIpc) is 2.35. The highest BCUT2D eigenvalue weighted by molar-refractivity contribution is 9.10. The number of rotatable bonds is 3. The van der Waals surface area contributed by atoms with Crippen molar-refractivity contribution in [1.82, 2.24) is 4.90 Å². The zero-order valence-corrected chi connectivity index (χ0v) is 12.1. The van der Waals surface area contributed by atoms with Crippen molar-refractivity contribution in [2.75, 3.05) is 7.05 Å². The van der Waals surface area contributed by atoms with Crippen LogP contribution in [0.1, 0.15) is 12.5 Å². The van der Waals surface area contributed by atoms with E-state index in [0.29, 0.717) is 4.47 Å². The molecule has 0 fully saturated rings. The summed E-state index contributed by atoms with van der Waals surface area (Å²) in [6, 6.07) is 5.67. The third-order valence-electron chi connectivity index (χ3n) is 3.04. The van der Waals surface area contributed by atoms with Gasteiger partial charge in [-0.1, -0.05) is 28.1 Å². The fourth-order valence-electron chi connectivity index (χ4n) is 1.63. The van der Waals surface area contributed by atoms with E-state index in [2.05, 4.69) is 15.9 Å². The van der Waals surface area contributed by atoms with Gasteiger partial charge in [-0.15, -0.1) is 0 Å². The largest absolute Gasteiger partial charge is 0.479 e. The molecule has 0 heterocycles. The Hall–Kier alpha value is -1.57. The number of alkyl halides is 3.